The maximum Gasteiger partial charge on any atom is 0.0648 e. The van der Waals surface area contributed by atoms with Gasteiger partial charge in [0.2, 0.25) is 0 Å². The summed E-state index contributed by atoms with van der Waals surface area (Å²) in [5.74, 6) is 0. The van der Waals surface area contributed by atoms with Crippen LogP contribution in [0.5, 0.6) is 0 Å². The summed E-state index contributed by atoms with van der Waals surface area (Å²) in [5.41, 5.74) is 3.38. The Balaban J connectivity index is 0.000000693. The van der Waals surface area contributed by atoms with Crippen LogP contribution in [0.4, 0.5) is 0 Å². The Bertz CT molecular complexity index is 868. The van der Waals surface area contributed by atoms with Crippen molar-refractivity contribution in [3.63, 3.8) is 0 Å². The number of hydrogen-bond acceptors (Lipinski definition) is 0. The second-order valence-electron chi connectivity index (χ2n) is 4.82. The molecular weight excluding hydrogens is 290 g/mol. The van der Waals surface area contributed by atoms with E-state index in [4.69, 9.17) is 11.6 Å². The molecule has 1 aromatic heterocycles. The van der Waals surface area contributed by atoms with Crippen LogP contribution < -0.4 is 0 Å². The first kappa shape index (κ1) is 14.7. The van der Waals surface area contributed by atoms with Gasteiger partial charge >= 0.3 is 0 Å². The molecule has 4 aromatic rings. The van der Waals surface area contributed by atoms with Crippen LogP contribution in [0.1, 0.15) is 13.8 Å². The van der Waals surface area contributed by atoms with Crippen LogP contribution in [-0.2, 0) is 0 Å². The number of nitrogens with zero attached hydrogens (tertiary/aromatic N) is 1. The number of fused-ring (bicyclic) bond motifs is 3. The normalized spacial score (nSPS) is 10.5. The highest BCUT2D eigenvalue weighted by Gasteiger charge is 2.12. The molecule has 22 heavy (non-hydrogen) atoms. The maximum absolute atomic E-state index is 6.40. The maximum atomic E-state index is 6.40. The summed E-state index contributed by atoms with van der Waals surface area (Å²) >= 11 is 6.40. The molecule has 0 unspecified atom stereocenters. The minimum atomic E-state index is 0.763. The largest absolute Gasteiger partial charge is 0.308 e. The monoisotopic (exact) mass is 307 g/mol. The van der Waals surface area contributed by atoms with E-state index in [-0.39, 0.29) is 0 Å². The summed E-state index contributed by atoms with van der Waals surface area (Å²) in [4.78, 5) is 0. The molecule has 1 nitrogen and oxygen atoms in total. The van der Waals surface area contributed by atoms with E-state index in [1.54, 1.807) is 0 Å². The van der Waals surface area contributed by atoms with Gasteiger partial charge in [0.05, 0.1) is 21.7 Å². The molecule has 0 aliphatic carbocycles. The highest BCUT2D eigenvalue weighted by Crippen LogP contribution is 2.33. The van der Waals surface area contributed by atoms with Gasteiger partial charge in [0.15, 0.2) is 0 Å². The number of halogens is 1. The fourth-order valence-electron chi connectivity index (χ4n) is 2.82. The molecule has 2 heteroatoms. The predicted molar refractivity (Wildman–Crippen MR) is 97.1 cm³/mol. The molecule has 0 saturated heterocycles. The molecule has 1 heterocycles. The van der Waals surface area contributed by atoms with Gasteiger partial charge in [0.1, 0.15) is 0 Å². The zero-order valence-electron chi connectivity index (χ0n) is 12.8. The summed E-state index contributed by atoms with van der Waals surface area (Å²) in [7, 11) is 0. The first-order chi connectivity index (χ1) is 10.9. The number of para-hydroxylation sites is 3. The minimum absolute atomic E-state index is 0.763. The second-order valence-corrected chi connectivity index (χ2v) is 5.23. The molecule has 0 bridgehead atoms. The van der Waals surface area contributed by atoms with E-state index in [2.05, 4.69) is 59.2 Å². The molecule has 0 radical (unpaired) electrons. The fraction of sp³-hybridized carbons (Fsp3) is 0.100. The predicted octanol–water partition coefficient (Wildman–Crippen LogP) is 6.46. The van der Waals surface area contributed by atoms with Gasteiger partial charge in [-0.2, -0.15) is 0 Å². The zero-order chi connectivity index (χ0) is 15.5. The highest BCUT2D eigenvalue weighted by atomic mass is 35.5. The van der Waals surface area contributed by atoms with Crippen molar-refractivity contribution >= 4 is 33.4 Å². The number of benzene rings is 3. The van der Waals surface area contributed by atoms with E-state index in [9.17, 15) is 0 Å². The van der Waals surface area contributed by atoms with Crippen LogP contribution >= 0.6 is 11.6 Å². The molecule has 0 saturated carbocycles. The zero-order valence-corrected chi connectivity index (χ0v) is 13.5. The van der Waals surface area contributed by atoms with Crippen LogP contribution in [0.25, 0.3) is 27.5 Å². The molecule has 0 fully saturated rings. The lowest BCUT2D eigenvalue weighted by Crippen LogP contribution is -1.94. The lowest BCUT2D eigenvalue weighted by atomic mass is 10.2. The van der Waals surface area contributed by atoms with E-state index in [1.165, 1.54) is 21.8 Å². The van der Waals surface area contributed by atoms with Crippen LogP contribution in [0.3, 0.4) is 0 Å². The summed E-state index contributed by atoms with van der Waals surface area (Å²) in [6.45, 7) is 4.00. The average molecular weight is 308 g/mol. The Labute approximate surface area is 135 Å². The standard InChI is InChI=1S/C18H12ClN.C2H6/c19-15-9-3-6-12-18(15)20-16-10-4-1-7-13(16)14-8-2-5-11-17(14)20;1-2/h1-12H;1-2H3. The Kier molecular flexibility index (Phi) is 4.17. The van der Waals surface area contributed by atoms with Gasteiger partial charge in [-0.15, -0.1) is 0 Å². The van der Waals surface area contributed by atoms with Crippen LogP contribution in [0.2, 0.25) is 5.02 Å². The number of aromatic nitrogens is 1. The lowest BCUT2D eigenvalue weighted by Gasteiger charge is -2.09. The number of hydrogen-bond donors (Lipinski definition) is 0. The van der Waals surface area contributed by atoms with Crippen molar-refractivity contribution in [2.75, 3.05) is 0 Å². The highest BCUT2D eigenvalue weighted by molar-refractivity contribution is 6.32. The van der Waals surface area contributed by atoms with Crippen molar-refractivity contribution in [1.82, 2.24) is 4.57 Å². The molecule has 0 N–H and O–H groups in total. The Morgan fingerprint density at radius 1 is 0.636 bits per heavy atom. The van der Waals surface area contributed by atoms with Crippen molar-refractivity contribution in [3.05, 3.63) is 77.8 Å². The van der Waals surface area contributed by atoms with Crippen molar-refractivity contribution in [3.8, 4) is 5.69 Å². The summed E-state index contributed by atoms with van der Waals surface area (Å²) in [6, 6.07) is 24.8. The first-order valence-corrected chi connectivity index (χ1v) is 7.97. The van der Waals surface area contributed by atoms with E-state index >= 15 is 0 Å². The fourth-order valence-corrected chi connectivity index (χ4v) is 3.04. The quantitative estimate of drug-likeness (QED) is 0.380. The third-order valence-electron chi connectivity index (χ3n) is 3.67. The average Bonchev–Trinajstić information content (AvgIpc) is 2.92. The molecule has 0 aliphatic heterocycles. The molecule has 4 rings (SSSR count). The SMILES string of the molecule is CC.Clc1ccccc1-n1c2ccccc2c2ccccc21. The van der Waals surface area contributed by atoms with Gasteiger partial charge in [-0.3, -0.25) is 0 Å². The van der Waals surface area contributed by atoms with Gasteiger partial charge in [-0.1, -0.05) is 74.0 Å². The molecule has 0 amide bonds. The summed E-state index contributed by atoms with van der Waals surface area (Å²) in [5, 5.41) is 3.27. The number of rotatable bonds is 1. The Morgan fingerprint density at radius 2 is 1.09 bits per heavy atom. The molecule has 0 atom stereocenters. The molecule has 0 spiro atoms. The van der Waals surface area contributed by atoms with E-state index < -0.39 is 0 Å². The molecule has 3 aromatic carbocycles. The van der Waals surface area contributed by atoms with Gasteiger partial charge in [0, 0.05) is 10.8 Å². The van der Waals surface area contributed by atoms with Crippen molar-refractivity contribution in [2.45, 2.75) is 13.8 Å². The Morgan fingerprint density at radius 3 is 1.64 bits per heavy atom. The third-order valence-corrected chi connectivity index (χ3v) is 3.99. The summed E-state index contributed by atoms with van der Waals surface area (Å²) in [6.07, 6.45) is 0. The van der Waals surface area contributed by atoms with Crippen molar-refractivity contribution in [2.24, 2.45) is 0 Å². The first-order valence-electron chi connectivity index (χ1n) is 7.59. The molecule has 0 aliphatic rings. The van der Waals surface area contributed by atoms with Gasteiger partial charge < -0.3 is 4.57 Å². The van der Waals surface area contributed by atoms with E-state index in [0.29, 0.717) is 0 Å². The van der Waals surface area contributed by atoms with Crippen molar-refractivity contribution < 1.29 is 0 Å². The van der Waals surface area contributed by atoms with E-state index in [1.807, 2.05) is 32.0 Å². The van der Waals surface area contributed by atoms with Gasteiger partial charge in [-0.25, -0.2) is 0 Å². The summed E-state index contributed by atoms with van der Waals surface area (Å²) < 4.78 is 2.23. The lowest BCUT2D eigenvalue weighted by molar-refractivity contribution is 1.18. The Hall–Kier alpha value is -2.25. The van der Waals surface area contributed by atoms with Crippen LogP contribution in [0, 0.1) is 0 Å². The van der Waals surface area contributed by atoms with Crippen molar-refractivity contribution in [1.29, 1.82) is 0 Å². The van der Waals surface area contributed by atoms with Crippen LogP contribution in [0.15, 0.2) is 72.8 Å². The van der Waals surface area contributed by atoms with Crippen LogP contribution in [-0.4, -0.2) is 4.57 Å². The third kappa shape index (κ3) is 2.28. The topological polar surface area (TPSA) is 4.93 Å². The van der Waals surface area contributed by atoms with Gasteiger partial charge in [0.25, 0.3) is 0 Å². The smallest absolute Gasteiger partial charge is 0.0648 e. The molecule has 110 valence electrons. The minimum Gasteiger partial charge on any atom is -0.308 e. The molecular formula is C20H18ClN. The van der Waals surface area contributed by atoms with Gasteiger partial charge in [-0.05, 0) is 24.3 Å². The second kappa shape index (κ2) is 6.25. The van der Waals surface area contributed by atoms with E-state index in [0.717, 1.165) is 10.7 Å².